The van der Waals surface area contributed by atoms with E-state index in [1.165, 1.54) is 23.8 Å². The summed E-state index contributed by atoms with van der Waals surface area (Å²) in [6.07, 6.45) is 0.932. The number of carbonyl (C=O) groups is 2. The fourth-order valence-electron chi connectivity index (χ4n) is 3.04. The highest BCUT2D eigenvalue weighted by Crippen LogP contribution is 2.28. The number of hydrogen-bond donors (Lipinski definition) is 3. The molecule has 0 atom stereocenters. The van der Waals surface area contributed by atoms with Crippen molar-refractivity contribution in [1.82, 2.24) is 20.1 Å². The topological polar surface area (TPSA) is 138 Å². The zero-order valence-electron chi connectivity index (χ0n) is 17.2. The number of aliphatic hydroxyl groups is 1. The SMILES string of the molecule is CCCSc1nnc(-c2ccccc2NC2=C(C(=O)OC)CN(CCO)C2=O)c(=O)[nH]1. The standard InChI is InChI=1S/C20H23N5O5S/c1-3-10-31-20-22-17(27)15(23-24-20)12-6-4-5-7-14(12)21-16-13(19(29)30-2)11-25(8-9-26)18(16)28/h4-7,21,26H,3,8-11H2,1-2H3,(H,22,24,27). The number of methoxy groups -OCH3 is 1. The molecule has 2 heterocycles. The number of β-amino-alcohol motifs (C(OH)–C–C–N with tert-alkyl or cyclic N) is 1. The molecule has 3 rings (SSSR count). The van der Waals surface area contributed by atoms with Gasteiger partial charge in [-0.05, 0) is 12.5 Å². The van der Waals surface area contributed by atoms with Gasteiger partial charge in [0, 0.05) is 23.5 Å². The maximum atomic E-state index is 12.8. The minimum absolute atomic E-state index is 0.0142. The van der Waals surface area contributed by atoms with Gasteiger partial charge in [-0.15, -0.1) is 10.2 Å². The van der Waals surface area contributed by atoms with Crippen LogP contribution >= 0.6 is 11.8 Å². The fourth-order valence-corrected chi connectivity index (χ4v) is 3.71. The van der Waals surface area contributed by atoms with Crippen LogP contribution in [0.15, 0.2) is 45.5 Å². The number of ether oxygens (including phenoxy) is 1. The monoisotopic (exact) mass is 445 g/mol. The van der Waals surface area contributed by atoms with Gasteiger partial charge in [-0.3, -0.25) is 14.6 Å². The Hall–Kier alpha value is -3.18. The number of aromatic nitrogens is 3. The van der Waals surface area contributed by atoms with Gasteiger partial charge in [-0.25, -0.2) is 4.79 Å². The van der Waals surface area contributed by atoms with E-state index in [0.29, 0.717) is 16.4 Å². The maximum absolute atomic E-state index is 12.8. The zero-order valence-corrected chi connectivity index (χ0v) is 18.0. The molecule has 11 heteroatoms. The Morgan fingerprint density at radius 1 is 1.32 bits per heavy atom. The highest BCUT2D eigenvalue weighted by Gasteiger charge is 2.34. The van der Waals surface area contributed by atoms with Gasteiger partial charge in [-0.1, -0.05) is 36.9 Å². The highest BCUT2D eigenvalue weighted by molar-refractivity contribution is 7.99. The van der Waals surface area contributed by atoms with E-state index in [2.05, 4.69) is 20.5 Å². The number of H-pyrrole nitrogens is 1. The third-order valence-electron chi connectivity index (χ3n) is 4.51. The first-order valence-corrected chi connectivity index (χ1v) is 10.7. The average Bonchev–Trinajstić information content (AvgIpc) is 3.08. The molecule has 1 aromatic carbocycles. The summed E-state index contributed by atoms with van der Waals surface area (Å²) >= 11 is 1.41. The third-order valence-corrected chi connectivity index (χ3v) is 5.58. The van der Waals surface area contributed by atoms with Crippen LogP contribution in [0.1, 0.15) is 13.3 Å². The number of anilines is 1. The molecule has 0 saturated heterocycles. The zero-order chi connectivity index (χ0) is 22.4. The van der Waals surface area contributed by atoms with Gasteiger partial charge >= 0.3 is 5.97 Å². The molecule has 0 saturated carbocycles. The van der Waals surface area contributed by atoms with Crippen molar-refractivity contribution in [2.24, 2.45) is 0 Å². The van der Waals surface area contributed by atoms with Gasteiger partial charge in [0.25, 0.3) is 11.5 Å². The molecule has 164 valence electrons. The first-order valence-electron chi connectivity index (χ1n) is 9.68. The Kier molecular flexibility index (Phi) is 7.42. The van der Waals surface area contributed by atoms with Crippen molar-refractivity contribution in [2.75, 3.05) is 37.9 Å². The van der Waals surface area contributed by atoms with Gasteiger partial charge in [0.05, 0.1) is 25.8 Å². The molecule has 0 bridgehead atoms. The molecule has 0 spiro atoms. The summed E-state index contributed by atoms with van der Waals surface area (Å²) < 4.78 is 4.80. The van der Waals surface area contributed by atoms with Crippen LogP contribution in [0.4, 0.5) is 5.69 Å². The Morgan fingerprint density at radius 3 is 2.77 bits per heavy atom. The maximum Gasteiger partial charge on any atom is 0.337 e. The number of nitrogens with one attached hydrogen (secondary N) is 2. The molecule has 31 heavy (non-hydrogen) atoms. The molecule has 0 fully saturated rings. The van der Waals surface area contributed by atoms with Crippen molar-refractivity contribution < 1.29 is 19.4 Å². The number of rotatable bonds is 9. The second kappa shape index (κ2) is 10.2. The lowest BCUT2D eigenvalue weighted by molar-refractivity contribution is -0.136. The second-order valence-corrected chi connectivity index (χ2v) is 7.71. The first kappa shape index (κ1) is 22.5. The van der Waals surface area contributed by atoms with Gasteiger partial charge in [0.1, 0.15) is 5.70 Å². The van der Waals surface area contributed by atoms with E-state index in [1.807, 2.05) is 6.92 Å². The van der Waals surface area contributed by atoms with Crippen LogP contribution in [0, 0.1) is 0 Å². The van der Waals surface area contributed by atoms with E-state index >= 15 is 0 Å². The Bertz CT molecular complexity index is 1070. The van der Waals surface area contributed by atoms with Gasteiger partial charge in [0.15, 0.2) is 10.9 Å². The molecule has 1 aliphatic heterocycles. The fraction of sp³-hybridized carbons (Fsp3) is 0.350. The number of aromatic amines is 1. The Labute approximate surface area is 182 Å². The number of carbonyl (C=O) groups excluding carboxylic acids is 2. The van der Waals surface area contributed by atoms with E-state index < -0.39 is 17.4 Å². The summed E-state index contributed by atoms with van der Waals surface area (Å²) in [6.45, 7) is 1.88. The molecule has 1 aromatic heterocycles. The van der Waals surface area contributed by atoms with Crippen molar-refractivity contribution in [3.63, 3.8) is 0 Å². The molecule has 0 aliphatic carbocycles. The predicted octanol–water partition coefficient (Wildman–Crippen LogP) is 1.01. The van der Waals surface area contributed by atoms with Crippen LogP contribution in [0.5, 0.6) is 0 Å². The number of para-hydroxylation sites is 1. The lowest BCUT2D eigenvalue weighted by Crippen LogP contribution is -2.31. The highest BCUT2D eigenvalue weighted by atomic mass is 32.2. The molecule has 10 nitrogen and oxygen atoms in total. The van der Waals surface area contributed by atoms with E-state index in [9.17, 15) is 19.5 Å². The van der Waals surface area contributed by atoms with E-state index in [1.54, 1.807) is 24.3 Å². The Morgan fingerprint density at radius 2 is 2.10 bits per heavy atom. The van der Waals surface area contributed by atoms with Crippen molar-refractivity contribution >= 4 is 29.3 Å². The Balaban J connectivity index is 1.98. The summed E-state index contributed by atoms with van der Waals surface area (Å²) in [7, 11) is 1.23. The summed E-state index contributed by atoms with van der Waals surface area (Å²) in [6, 6.07) is 6.79. The van der Waals surface area contributed by atoms with Crippen LogP contribution < -0.4 is 10.9 Å². The summed E-state index contributed by atoms with van der Waals surface area (Å²) in [5, 5.41) is 20.8. The number of esters is 1. The van der Waals surface area contributed by atoms with Crippen molar-refractivity contribution in [3.8, 4) is 11.3 Å². The smallest absolute Gasteiger partial charge is 0.337 e. The molecule has 2 aromatic rings. The predicted molar refractivity (Wildman–Crippen MR) is 115 cm³/mol. The normalized spacial score (nSPS) is 13.6. The molecular weight excluding hydrogens is 422 g/mol. The van der Waals surface area contributed by atoms with Crippen LogP contribution in [0.2, 0.25) is 0 Å². The largest absolute Gasteiger partial charge is 0.466 e. The summed E-state index contributed by atoms with van der Waals surface area (Å²) in [4.78, 5) is 41.7. The van der Waals surface area contributed by atoms with Gasteiger partial charge < -0.3 is 20.1 Å². The number of benzene rings is 1. The average molecular weight is 446 g/mol. The van der Waals surface area contributed by atoms with Gasteiger partial charge in [0.2, 0.25) is 0 Å². The summed E-state index contributed by atoms with van der Waals surface area (Å²) in [5.74, 6) is -0.293. The third kappa shape index (κ3) is 4.94. The number of amides is 1. The molecular formula is C20H23N5O5S. The lowest BCUT2D eigenvalue weighted by Gasteiger charge is -2.16. The van der Waals surface area contributed by atoms with E-state index in [0.717, 1.165) is 12.2 Å². The summed E-state index contributed by atoms with van der Waals surface area (Å²) in [5.41, 5.74) is 0.682. The van der Waals surface area contributed by atoms with Crippen molar-refractivity contribution in [3.05, 3.63) is 45.9 Å². The molecule has 0 radical (unpaired) electrons. The van der Waals surface area contributed by atoms with Crippen molar-refractivity contribution in [1.29, 1.82) is 0 Å². The van der Waals surface area contributed by atoms with Crippen LogP contribution in [-0.4, -0.2) is 69.6 Å². The molecule has 3 N–H and O–H groups in total. The number of hydrogen-bond acceptors (Lipinski definition) is 9. The lowest BCUT2D eigenvalue weighted by atomic mass is 10.1. The molecule has 1 amide bonds. The van der Waals surface area contributed by atoms with E-state index in [4.69, 9.17) is 4.74 Å². The molecule has 1 aliphatic rings. The first-order chi connectivity index (χ1) is 15.0. The number of thioether (sulfide) groups is 1. The quantitative estimate of drug-likeness (QED) is 0.381. The number of aliphatic hydroxyl groups excluding tert-OH is 1. The number of nitrogens with zero attached hydrogens (tertiary/aromatic N) is 3. The van der Waals surface area contributed by atoms with Crippen LogP contribution in [0.25, 0.3) is 11.3 Å². The molecule has 0 unspecified atom stereocenters. The van der Waals surface area contributed by atoms with Gasteiger partial charge in [-0.2, -0.15) is 0 Å². The van der Waals surface area contributed by atoms with Crippen LogP contribution in [0.3, 0.4) is 0 Å². The minimum atomic E-state index is -0.649. The van der Waals surface area contributed by atoms with E-state index in [-0.39, 0.29) is 36.7 Å². The minimum Gasteiger partial charge on any atom is -0.466 e. The second-order valence-electron chi connectivity index (χ2n) is 6.62. The van der Waals surface area contributed by atoms with Crippen LogP contribution in [-0.2, 0) is 14.3 Å². The van der Waals surface area contributed by atoms with Crippen molar-refractivity contribution in [2.45, 2.75) is 18.5 Å².